The van der Waals surface area contributed by atoms with Crippen molar-refractivity contribution in [1.82, 2.24) is 0 Å². The van der Waals surface area contributed by atoms with Crippen LogP contribution in [0.5, 0.6) is 0 Å². The van der Waals surface area contributed by atoms with E-state index in [0.717, 1.165) is 26.4 Å². The summed E-state index contributed by atoms with van der Waals surface area (Å²) in [6.07, 6.45) is 0.933. The lowest BCUT2D eigenvalue weighted by Crippen LogP contribution is -2.43. The Hall–Kier alpha value is -0.360. The minimum atomic E-state index is -0.391. The van der Waals surface area contributed by atoms with E-state index in [9.17, 15) is 0 Å². The van der Waals surface area contributed by atoms with Gasteiger partial charge in [0.1, 0.15) is 24.4 Å². The highest BCUT2D eigenvalue weighted by Gasteiger charge is 2.36. The molecule has 28 heavy (non-hydrogen) atoms. The SMILES string of the molecule is C(COCC(COCC1CO1)(COCC1CO1)COCC1CO1)OCC1CO1. The summed E-state index contributed by atoms with van der Waals surface area (Å²) in [5.74, 6) is 0. The van der Waals surface area contributed by atoms with Crippen LogP contribution in [0.15, 0.2) is 0 Å². The molecule has 0 radical (unpaired) electrons. The van der Waals surface area contributed by atoms with Crippen molar-refractivity contribution >= 4 is 0 Å². The molecule has 0 aromatic carbocycles. The minimum Gasteiger partial charge on any atom is -0.378 e. The van der Waals surface area contributed by atoms with Crippen molar-refractivity contribution in [2.45, 2.75) is 24.4 Å². The average Bonchev–Trinajstić information content (AvgIpc) is 3.54. The highest BCUT2D eigenvalue weighted by molar-refractivity contribution is 4.82. The van der Waals surface area contributed by atoms with Crippen LogP contribution in [-0.4, -0.2) is 117 Å². The molecule has 9 heteroatoms. The van der Waals surface area contributed by atoms with Gasteiger partial charge in [0.15, 0.2) is 0 Å². The Kier molecular flexibility index (Phi) is 7.91. The molecule has 0 aliphatic carbocycles. The Morgan fingerprint density at radius 2 is 0.821 bits per heavy atom. The van der Waals surface area contributed by atoms with Gasteiger partial charge in [0.2, 0.25) is 0 Å². The normalized spacial score (nSPS) is 32.1. The van der Waals surface area contributed by atoms with Gasteiger partial charge in [0, 0.05) is 0 Å². The third-order valence-corrected chi connectivity index (χ3v) is 4.83. The zero-order chi connectivity index (χ0) is 19.1. The number of ether oxygens (including phenoxy) is 9. The maximum atomic E-state index is 5.92. The molecule has 4 fully saturated rings. The van der Waals surface area contributed by atoms with E-state index in [4.69, 9.17) is 42.6 Å². The lowest BCUT2D eigenvalue weighted by molar-refractivity contribution is -0.114. The Morgan fingerprint density at radius 1 is 0.500 bits per heavy atom. The second-order valence-corrected chi connectivity index (χ2v) is 7.99. The predicted octanol–water partition coefficient (Wildman–Crippen LogP) is -0.349. The maximum absolute atomic E-state index is 5.92. The summed E-state index contributed by atoms with van der Waals surface area (Å²) >= 11 is 0. The summed E-state index contributed by atoms with van der Waals surface area (Å²) < 4.78 is 50.0. The Balaban J connectivity index is 1.21. The molecule has 0 spiro atoms. The van der Waals surface area contributed by atoms with E-state index in [1.165, 1.54) is 0 Å². The van der Waals surface area contributed by atoms with Gasteiger partial charge in [-0.1, -0.05) is 0 Å². The van der Waals surface area contributed by atoms with E-state index >= 15 is 0 Å². The van der Waals surface area contributed by atoms with Crippen molar-refractivity contribution in [2.24, 2.45) is 5.41 Å². The standard InChI is InChI=1S/C19H32O9/c1(20-3-15-7-25-15)2-21-11-19(12-22-4-16-8-26-16,13-23-5-17-9-27-17)14-24-6-18-10-28-18/h15-18H,1-14H2. The highest BCUT2D eigenvalue weighted by Crippen LogP contribution is 2.24. The van der Waals surface area contributed by atoms with Crippen LogP contribution in [0.1, 0.15) is 0 Å². The summed E-state index contributed by atoms with van der Waals surface area (Å²) in [6.45, 7) is 8.50. The molecule has 4 rings (SSSR count). The fourth-order valence-electron chi connectivity index (χ4n) is 2.75. The molecule has 162 valence electrons. The third-order valence-electron chi connectivity index (χ3n) is 4.83. The van der Waals surface area contributed by atoms with Crippen molar-refractivity contribution in [2.75, 3.05) is 92.5 Å². The first kappa shape index (κ1) is 20.9. The molecule has 0 N–H and O–H groups in total. The van der Waals surface area contributed by atoms with E-state index in [1.54, 1.807) is 0 Å². The van der Waals surface area contributed by atoms with Gasteiger partial charge in [-0.3, -0.25) is 0 Å². The minimum absolute atomic E-state index is 0.221. The molecule has 4 saturated heterocycles. The molecule has 4 heterocycles. The van der Waals surface area contributed by atoms with E-state index in [2.05, 4.69) is 0 Å². The second kappa shape index (κ2) is 10.6. The molecule has 0 aromatic rings. The van der Waals surface area contributed by atoms with Gasteiger partial charge in [-0.25, -0.2) is 0 Å². The molecule has 4 atom stereocenters. The van der Waals surface area contributed by atoms with Crippen molar-refractivity contribution in [3.05, 3.63) is 0 Å². The van der Waals surface area contributed by atoms with Crippen LogP contribution in [0, 0.1) is 5.41 Å². The van der Waals surface area contributed by atoms with Gasteiger partial charge in [-0.2, -0.15) is 0 Å². The van der Waals surface area contributed by atoms with Crippen LogP contribution in [0.4, 0.5) is 0 Å². The summed E-state index contributed by atoms with van der Waals surface area (Å²) in [6, 6.07) is 0. The van der Waals surface area contributed by atoms with Crippen molar-refractivity contribution in [3.8, 4) is 0 Å². The van der Waals surface area contributed by atoms with E-state index in [-0.39, 0.29) is 24.4 Å². The first-order valence-electron chi connectivity index (χ1n) is 10.2. The molecular weight excluding hydrogens is 372 g/mol. The van der Waals surface area contributed by atoms with Crippen LogP contribution in [0.25, 0.3) is 0 Å². The molecular formula is C19H32O9. The monoisotopic (exact) mass is 404 g/mol. The third kappa shape index (κ3) is 8.56. The average molecular weight is 404 g/mol. The van der Waals surface area contributed by atoms with E-state index in [1.807, 2.05) is 0 Å². The molecule has 0 aromatic heterocycles. The van der Waals surface area contributed by atoms with Gasteiger partial charge >= 0.3 is 0 Å². The molecule has 0 amide bonds. The van der Waals surface area contributed by atoms with E-state index in [0.29, 0.717) is 66.1 Å². The van der Waals surface area contributed by atoms with Crippen molar-refractivity contribution in [1.29, 1.82) is 0 Å². The number of hydrogen-bond acceptors (Lipinski definition) is 9. The van der Waals surface area contributed by atoms with Crippen molar-refractivity contribution in [3.63, 3.8) is 0 Å². The molecule has 4 unspecified atom stereocenters. The second-order valence-electron chi connectivity index (χ2n) is 7.99. The van der Waals surface area contributed by atoms with Crippen LogP contribution < -0.4 is 0 Å². The first-order chi connectivity index (χ1) is 13.8. The maximum Gasteiger partial charge on any atom is 0.104 e. The van der Waals surface area contributed by atoms with Crippen LogP contribution in [0.2, 0.25) is 0 Å². The van der Waals surface area contributed by atoms with Gasteiger partial charge in [0.25, 0.3) is 0 Å². The Morgan fingerprint density at radius 3 is 1.21 bits per heavy atom. The first-order valence-corrected chi connectivity index (χ1v) is 10.2. The van der Waals surface area contributed by atoms with Gasteiger partial charge in [-0.15, -0.1) is 0 Å². The fourth-order valence-corrected chi connectivity index (χ4v) is 2.75. The Labute approximate surface area is 165 Å². The zero-order valence-corrected chi connectivity index (χ0v) is 16.4. The van der Waals surface area contributed by atoms with Crippen molar-refractivity contribution < 1.29 is 42.6 Å². The summed E-state index contributed by atoms with van der Waals surface area (Å²) in [5.41, 5.74) is -0.391. The van der Waals surface area contributed by atoms with Crippen LogP contribution in [0.3, 0.4) is 0 Å². The quantitative estimate of drug-likeness (QED) is 0.211. The van der Waals surface area contributed by atoms with Crippen LogP contribution >= 0.6 is 0 Å². The topological polar surface area (TPSA) is 96.3 Å². The Bertz CT molecular complexity index is 401. The lowest BCUT2D eigenvalue weighted by Gasteiger charge is -2.33. The van der Waals surface area contributed by atoms with E-state index < -0.39 is 5.41 Å². The number of hydrogen-bond donors (Lipinski definition) is 0. The molecule has 0 saturated carbocycles. The van der Waals surface area contributed by atoms with Crippen LogP contribution in [-0.2, 0) is 42.6 Å². The smallest absolute Gasteiger partial charge is 0.104 e. The number of rotatable bonds is 19. The number of epoxide rings is 4. The molecule has 0 bridgehead atoms. The molecule has 4 aliphatic rings. The summed E-state index contributed by atoms with van der Waals surface area (Å²) in [4.78, 5) is 0. The summed E-state index contributed by atoms with van der Waals surface area (Å²) in [7, 11) is 0. The lowest BCUT2D eigenvalue weighted by atomic mass is 9.92. The largest absolute Gasteiger partial charge is 0.378 e. The highest BCUT2D eigenvalue weighted by atomic mass is 16.6. The predicted molar refractivity (Wildman–Crippen MR) is 95.5 cm³/mol. The fraction of sp³-hybridized carbons (Fsp3) is 1.00. The summed E-state index contributed by atoms with van der Waals surface area (Å²) in [5, 5.41) is 0. The zero-order valence-electron chi connectivity index (χ0n) is 16.4. The van der Waals surface area contributed by atoms with Gasteiger partial charge < -0.3 is 42.6 Å². The molecule has 4 aliphatic heterocycles. The molecule has 9 nitrogen and oxygen atoms in total. The van der Waals surface area contributed by atoms with Gasteiger partial charge in [0.05, 0.1) is 97.9 Å². The van der Waals surface area contributed by atoms with Gasteiger partial charge in [-0.05, 0) is 0 Å².